The van der Waals surface area contributed by atoms with E-state index in [1.165, 1.54) is 69.8 Å². The lowest BCUT2D eigenvalue weighted by molar-refractivity contribution is 1.07. The van der Waals surface area contributed by atoms with Gasteiger partial charge in [-0.1, -0.05) is 163 Å². The molecule has 0 saturated carbocycles. The van der Waals surface area contributed by atoms with Crippen molar-refractivity contribution in [1.82, 2.24) is 19.5 Å². The first-order chi connectivity index (χ1) is 31.1. The van der Waals surface area contributed by atoms with Crippen molar-refractivity contribution in [3.05, 3.63) is 218 Å². The molecule has 0 aliphatic heterocycles. The summed E-state index contributed by atoms with van der Waals surface area (Å²) in [6.07, 6.45) is 0. The van der Waals surface area contributed by atoms with Crippen LogP contribution >= 0.6 is 11.3 Å². The van der Waals surface area contributed by atoms with Gasteiger partial charge in [-0.15, -0.1) is 11.3 Å². The highest BCUT2D eigenvalue weighted by atomic mass is 32.1. The highest BCUT2D eigenvalue weighted by Gasteiger charge is 2.17. The molecule has 12 rings (SSSR count). The van der Waals surface area contributed by atoms with Gasteiger partial charge in [0.25, 0.3) is 0 Å². The van der Waals surface area contributed by atoms with Gasteiger partial charge in [-0.05, 0) is 89.3 Å². The summed E-state index contributed by atoms with van der Waals surface area (Å²) in [5.74, 6) is 1.94. The molecule has 0 N–H and O–H groups in total. The fourth-order valence-electron chi connectivity index (χ4n) is 9.02. The molecule has 0 radical (unpaired) electrons. The van der Waals surface area contributed by atoms with Crippen molar-refractivity contribution in [2.75, 3.05) is 0 Å². The van der Waals surface area contributed by atoms with Gasteiger partial charge in [0.15, 0.2) is 17.5 Å². The van der Waals surface area contributed by atoms with Crippen LogP contribution in [0.5, 0.6) is 0 Å². The molecule has 63 heavy (non-hydrogen) atoms. The van der Waals surface area contributed by atoms with Crippen molar-refractivity contribution in [1.29, 1.82) is 0 Å². The van der Waals surface area contributed by atoms with E-state index in [-0.39, 0.29) is 0 Å². The second kappa shape index (κ2) is 15.2. The van der Waals surface area contributed by atoms with E-state index in [1.807, 2.05) is 72.0 Å². The number of para-hydroxylation sites is 1. The standard InChI is InChI=1S/C58H38N4S/c1-37-26-31-53-50(32-37)47-22-8-10-24-52(47)62(53)46-21-13-19-43(34-46)45-35-49(55-51(36-45)48-23-9-11-25-54(48)63-55)39-29-27-38(28-30-39)42-18-12-20-44(33-42)58-60-56(40-14-4-2-5-15-40)59-57(61-58)41-16-6-3-7-17-41/h2-36H,1H3. The van der Waals surface area contributed by atoms with Gasteiger partial charge >= 0.3 is 0 Å². The summed E-state index contributed by atoms with van der Waals surface area (Å²) in [4.78, 5) is 14.9. The predicted octanol–water partition coefficient (Wildman–Crippen LogP) is 15.6. The molecule has 5 heteroatoms. The minimum Gasteiger partial charge on any atom is -0.309 e. The Morgan fingerprint density at radius 2 is 0.921 bits per heavy atom. The molecule has 0 aliphatic rings. The van der Waals surface area contributed by atoms with Crippen LogP contribution in [0.4, 0.5) is 0 Å². The third-order valence-electron chi connectivity index (χ3n) is 12.1. The van der Waals surface area contributed by atoms with Gasteiger partial charge in [0.05, 0.1) is 11.0 Å². The second-order valence-corrected chi connectivity index (χ2v) is 17.2. The minimum absolute atomic E-state index is 0.641. The zero-order chi connectivity index (χ0) is 41.9. The Bertz CT molecular complexity index is 3620. The van der Waals surface area contributed by atoms with Crippen molar-refractivity contribution < 1.29 is 0 Å². The monoisotopic (exact) mass is 822 g/mol. The molecule has 0 bridgehead atoms. The molecule has 0 spiro atoms. The molecule has 296 valence electrons. The fraction of sp³-hybridized carbons (Fsp3) is 0.0172. The molecule has 0 amide bonds. The van der Waals surface area contributed by atoms with Gasteiger partial charge in [0.1, 0.15) is 0 Å². The van der Waals surface area contributed by atoms with E-state index in [4.69, 9.17) is 15.0 Å². The van der Waals surface area contributed by atoms with Gasteiger partial charge < -0.3 is 4.57 Å². The van der Waals surface area contributed by atoms with Crippen LogP contribution in [-0.2, 0) is 0 Å². The lowest BCUT2D eigenvalue weighted by atomic mass is 9.94. The maximum atomic E-state index is 5.00. The Balaban J connectivity index is 0.946. The SMILES string of the molecule is Cc1ccc2c(c1)c1ccccc1n2-c1cccc(-c2cc(-c3ccc(-c4cccc(-c5nc(-c6ccccc6)nc(-c6ccccc6)n5)c4)cc3)c3sc4ccccc4c3c2)c1. The van der Waals surface area contributed by atoms with E-state index in [9.17, 15) is 0 Å². The van der Waals surface area contributed by atoms with Gasteiger partial charge in [0.2, 0.25) is 0 Å². The van der Waals surface area contributed by atoms with Crippen LogP contribution in [0, 0.1) is 6.92 Å². The average Bonchev–Trinajstić information content (AvgIpc) is 3.90. The smallest absolute Gasteiger partial charge is 0.164 e. The van der Waals surface area contributed by atoms with Crippen LogP contribution in [0.25, 0.3) is 115 Å². The Morgan fingerprint density at radius 3 is 1.67 bits per heavy atom. The third-order valence-corrected chi connectivity index (χ3v) is 13.3. The fourth-order valence-corrected chi connectivity index (χ4v) is 10.2. The van der Waals surface area contributed by atoms with E-state index in [0.717, 1.165) is 33.5 Å². The van der Waals surface area contributed by atoms with Gasteiger partial charge in [-0.3, -0.25) is 0 Å². The molecule has 4 nitrogen and oxygen atoms in total. The van der Waals surface area contributed by atoms with E-state index < -0.39 is 0 Å². The average molecular weight is 823 g/mol. The zero-order valence-corrected chi connectivity index (χ0v) is 35.2. The highest BCUT2D eigenvalue weighted by molar-refractivity contribution is 7.26. The number of hydrogen-bond donors (Lipinski definition) is 0. The van der Waals surface area contributed by atoms with E-state index >= 15 is 0 Å². The number of nitrogens with zero attached hydrogens (tertiary/aromatic N) is 4. The number of rotatable bonds is 7. The highest BCUT2D eigenvalue weighted by Crippen LogP contribution is 2.44. The van der Waals surface area contributed by atoms with Crippen LogP contribution in [0.15, 0.2) is 212 Å². The number of thiophene rings is 1. The molecule has 12 aromatic rings. The molecular formula is C58H38N4S. The molecule has 3 heterocycles. The van der Waals surface area contributed by atoms with Crippen molar-refractivity contribution in [3.63, 3.8) is 0 Å². The summed E-state index contributed by atoms with van der Waals surface area (Å²) in [5.41, 5.74) is 14.7. The van der Waals surface area contributed by atoms with E-state index in [1.54, 1.807) is 0 Å². The number of aryl methyl sites for hydroxylation is 1. The van der Waals surface area contributed by atoms with Crippen LogP contribution in [-0.4, -0.2) is 19.5 Å². The number of fused-ring (bicyclic) bond motifs is 6. The first kappa shape index (κ1) is 36.8. The lowest BCUT2D eigenvalue weighted by Gasteiger charge is -2.13. The summed E-state index contributed by atoms with van der Waals surface area (Å²) >= 11 is 1.87. The first-order valence-corrected chi connectivity index (χ1v) is 22.1. The van der Waals surface area contributed by atoms with Crippen molar-refractivity contribution >= 4 is 53.3 Å². The Labute approximate surface area is 369 Å². The maximum absolute atomic E-state index is 5.00. The minimum atomic E-state index is 0.641. The second-order valence-electron chi connectivity index (χ2n) is 16.1. The van der Waals surface area contributed by atoms with Gasteiger partial charge in [-0.2, -0.15) is 0 Å². The molecule has 0 aliphatic carbocycles. The summed E-state index contributed by atoms with van der Waals surface area (Å²) in [6.45, 7) is 2.17. The quantitative estimate of drug-likeness (QED) is 0.161. The van der Waals surface area contributed by atoms with Crippen LogP contribution in [0.3, 0.4) is 0 Å². The summed E-state index contributed by atoms with van der Waals surface area (Å²) in [5, 5.41) is 5.11. The van der Waals surface area contributed by atoms with E-state index in [0.29, 0.717) is 17.5 Å². The van der Waals surface area contributed by atoms with E-state index in [2.05, 4.69) is 163 Å². The van der Waals surface area contributed by atoms with Gasteiger partial charge in [0, 0.05) is 58.9 Å². The normalized spacial score (nSPS) is 11.6. The molecular weight excluding hydrogens is 785 g/mol. The topological polar surface area (TPSA) is 43.6 Å². The molecule has 9 aromatic carbocycles. The lowest BCUT2D eigenvalue weighted by Crippen LogP contribution is -2.00. The summed E-state index contributed by atoms with van der Waals surface area (Å²) < 4.78 is 4.99. The number of hydrogen-bond acceptors (Lipinski definition) is 4. The van der Waals surface area contributed by atoms with Gasteiger partial charge in [-0.25, -0.2) is 15.0 Å². The largest absolute Gasteiger partial charge is 0.309 e. The summed E-state index contributed by atoms with van der Waals surface area (Å²) in [6, 6.07) is 75.9. The van der Waals surface area contributed by atoms with Crippen molar-refractivity contribution in [2.45, 2.75) is 6.92 Å². The van der Waals surface area contributed by atoms with Crippen LogP contribution in [0.1, 0.15) is 5.56 Å². The molecule has 0 unspecified atom stereocenters. The third kappa shape index (κ3) is 6.58. The Kier molecular flexibility index (Phi) is 8.87. The first-order valence-electron chi connectivity index (χ1n) is 21.3. The van der Waals surface area contributed by atoms with Crippen LogP contribution < -0.4 is 0 Å². The zero-order valence-electron chi connectivity index (χ0n) is 34.4. The Morgan fingerprint density at radius 1 is 0.349 bits per heavy atom. The predicted molar refractivity (Wildman–Crippen MR) is 264 cm³/mol. The number of aromatic nitrogens is 4. The summed E-state index contributed by atoms with van der Waals surface area (Å²) in [7, 11) is 0. The Hall–Kier alpha value is -7.99. The number of benzene rings is 9. The maximum Gasteiger partial charge on any atom is 0.164 e. The molecule has 3 aromatic heterocycles. The molecule has 0 atom stereocenters. The molecule has 0 saturated heterocycles. The van der Waals surface area contributed by atoms with Crippen LogP contribution in [0.2, 0.25) is 0 Å². The molecule has 0 fully saturated rings. The van der Waals surface area contributed by atoms with Crippen molar-refractivity contribution in [2.24, 2.45) is 0 Å². The van der Waals surface area contributed by atoms with Crippen molar-refractivity contribution in [3.8, 4) is 73.2 Å².